The molecule has 1 amide bonds. The Morgan fingerprint density at radius 2 is 2.00 bits per heavy atom. The quantitative estimate of drug-likeness (QED) is 0.903. The van der Waals surface area contributed by atoms with Gasteiger partial charge < -0.3 is 10.0 Å². The molecule has 1 aliphatic rings. The number of carbonyl (C=O) groups excluding carboxylic acids is 1. The van der Waals surface area contributed by atoms with Crippen molar-refractivity contribution < 1.29 is 14.7 Å². The summed E-state index contributed by atoms with van der Waals surface area (Å²) in [4.78, 5) is 25.4. The largest absolute Gasteiger partial charge is 0.481 e. The standard InChI is InChI=1S/C15H23N3O3/c1-10-8-11(16-18(10)14(2,3)4)12(19)17-7-6-15(5,9-17)13(20)21/h8H,6-7,9H2,1-5H3,(H,20,21)/t15-/m0/s1. The number of hydrogen-bond acceptors (Lipinski definition) is 3. The van der Waals surface area contributed by atoms with Gasteiger partial charge in [-0.2, -0.15) is 5.10 Å². The summed E-state index contributed by atoms with van der Waals surface area (Å²) in [6, 6.07) is 1.77. The van der Waals surface area contributed by atoms with Crippen LogP contribution in [-0.4, -0.2) is 44.8 Å². The summed E-state index contributed by atoms with van der Waals surface area (Å²) in [6.45, 7) is 10.4. The van der Waals surface area contributed by atoms with Crippen LogP contribution in [0.15, 0.2) is 6.07 Å². The molecule has 0 spiro atoms. The second-order valence-corrected chi connectivity index (χ2v) is 7.10. The molecule has 2 rings (SSSR count). The van der Waals surface area contributed by atoms with Crippen LogP contribution in [0.2, 0.25) is 0 Å². The van der Waals surface area contributed by atoms with Gasteiger partial charge in [-0.15, -0.1) is 0 Å². The molecule has 0 radical (unpaired) electrons. The van der Waals surface area contributed by atoms with Gasteiger partial charge in [-0.1, -0.05) is 0 Å². The van der Waals surface area contributed by atoms with Crippen molar-refractivity contribution in [3.05, 3.63) is 17.5 Å². The Labute approximate surface area is 124 Å². The molecule has 1 fully saturated rings. The first-order valence-corrected chi connectivity index (χ1v) is 7.14. The Balaban J connectivity index is 2.21. The first kappa shape index (κ1) is 15.5. The molecule has 0 bridgehead atoms. The number of aryl methyl sites for hydroxylation is 1. The minimum Gasteiger partial charge on any atom is -0.481 e. The number of carbonyl (C=O) groups is 2. The first-order chi connectivity index (χ1) is 9.54. The van der Waals surface area contributed by atoms with Gasteiger partial charge in [0.05, 0.1) is 11.0 Å². The molecule has 1 aliphatic heterocycles. The Hall–Kier alpha value is -1.85. The van der Waals surface area contributed by atoms with Gasteiger partial charge in [-0.3, -0.25) is 14.3 Å². The maximum Gasteiger partial charge on any atom is 0.311 e. The van der Waals surface area contributed by atoms with Crippen molar-refractivity contribution >= 4 is 11.9 Å². The molecule has 21 heavy (non-hydrogen) atoms. The molecule has 0 aliphatic carbocycles. The zero-order valence-corrected chi connectivity index (χ0v) is 13.3. The van der Waals surface area contributed by atoms with Gasteiger partial charge in [0.25, 0.3) is 5.91 Å². The van der Waals surface area contributed by atoms with E-state index in [1.54, 1.807) is 17.9 Å². The minimum absolute atomic E-state index is 0.189. The number of amides is 1. The van der Waals surface area contributed by atoms with Crippen LogP contribution in [0.25, 0.3) is 0 Å². The summed E-state index contributed by atoms with van der Waals surface area (Å²) >= 11 is 0. The predicted molar refractivity (Wildman–Crippen MR) is 78.2 cm³/mol. The van der Waals surface area contributed by atoms with Crippen LogP contribution in [0.1, 0.15) is 50.3 Å². The van der Waals surface area contributed by atoms with Crippen molar-refractivity contribution in [3.8, 4) is 0 Å². The van der Waals surface area contributed by atoms with Crippen molar-refractivity contribution in [2.24, 2.45) is 5.41 Å². The summed E-state index contributed by atoms with van der Waals surface area (Å²) < 4.78 is 1.83. The number of rotatable bonds is 2. The zero-order chi connectivity index (χ0) is 16.0. The molecule has 1 aromatic heterocycles. The van der Waals surface area contributed by atoms with E-state index in [-0.39, 0.29) is 18.0 Å². The highest BCUT2D eigenvalue weighted by Gasteiger charge is 2.42. The predicted octanol–water partition coefficient (Wildman–Crippen LogP) is 1.88. The highest BCUT2D eigenvalue weighted by Crippen LogP contribution is 2.31. The third kappa shape index (κ3) is 2.80. The highest BCUT2D eigenvalue weighted by atomic mass is 16.4. The third-order valence-electron chi connectivity index (χ3n) is 4.02. The number of carboxylic acid groups (broad SMARTS) is 1. The summed E-state index contributed by atoms with van der Waals surface area (Å²) in [7, 11) is 0. The fourth-order valence-corrected chi connectivity index (χ4v) is 2.73. The average molecular weight is 293 g/mol. The normalized spacial score (nSPS) is 22.6. The van der Waals surface area contributed by atoms with Crippen LogP contribution in [0.4, 0.5) is 0 Å². The second-order valence-electron chi connectivity index (χ2n) is 7.10. The van der Waals surface area contributed by atoms with Crippen molar-refractivity contribution in [2.45, 2.75) is 46.6 Å². The lowest BCUT2D eigenvalue weighted by Crippen LogP contribution is -2.35. The van der Waals surface area contributed by atoms with E-state index in [0.717, 1.165) is 5.69 Å². The Morgan fingerprint density at radius 1 is 1.38 bits per heavy atom. The van der Waals surface area contributed by atoms with E-state index in [2.05, 4.69) is 5.10 Å². The Bertz CT molecular complexity index is 585. The fraction of sp³-hybridized carbons (Fsp3) is 0.667. The molecule has 1 saturated heterocycles. The van der Waals surface area contributed by atoms with Crippen LogP contribution >= 0.6 is 0 Å². The van der Waals surface area contributed by atoms with Gasteiger partial charge in [-0.05, 0) is 47.1 Å². The van der Waals surface area contributed by atoms with Gasteiger partial charge in [-0.25, -0.2) is 0 Å². The Morgan fingerprint density at radius 3 is 2.43 bits per heavy atom. The van der Waals surface area contributed by atoms with Crippen LogP contribution < -0.4 is 0 Å². The van der Waals surface area contributed by atoms with Crippen molar-refractivity contribution in [3.63, 3.8) is 0 Å². The van der Waals surface area contributed by atoms with Crippen LogP contribution in [-0.2, 0) is 10.3 Å². The van der Waals surface area contributed by atoms with Gasteiger partial charge in [0.15, 0.2) is 5.69 Å². The highest BCUT2D eigenvalue weighted by molar-refractivity contribution is 5.93. The smallest absolute Gasteiger partial charge is 0.311 e. The molecule has 1 atom stereocenters. The van der Waals surface area contributed by atoms with E-state index < -0.39 is 11.4 Å². The lowest BCUT2D eigenvalue weighted by Gasteiger charge is -2.21. The summed E-state index contributed by atoms with van der Waals surface area (Å²) in [5.74, 6) is -1.04. The maximum absolute atomic E-state index is 12.5. The topological polar surface area (TPSA) is 75.4 Å². The lowest BCUT2D eigenvalue weighted by atomic mass is 9.90. The molecule has 6 heteroatoms. The molecule has 0 saturated carbocycles. The van der Waals surface area contributed by atoms with E-state index in [0.29, 0.717) is 18.7 Å². The number of carboxylic acids is 1. The SMILES string of the molecule is Cc1cc(C(=O)N2CC[C@](C)(C(=O)O)C2)nn1C(C)(C)C. The van der Waals surface area contributed by atoms with E-state index in [1.165, 1.54) is 0 Å². The summed E-state index contributed by atoms with van der Waals surface area (Å²) in [5, 5.41) is 13.6. The molecule has 6 nitrogen and oxygen atoms in total. The second kappa shape index (κ2) is 4.86. The number of hydrogen-bond donors (Lipinski definition) is 1. The van der Waals surface area contributed by atoms with Crippen LogP contribution in [0.3, 0.4) is 0 Å². The molecular weight excluding hydrogens is 270 g/mol. The number of likely N-dealkylation sites (tertiary alicyclic amines) is 1. The summed E-state index contributed by atoms with van der Waals surface area (Å²) in [5.41, 5.74) is 0.267. The lowest BCUT2D eigenvalue weighted by molar-refractivity contribution is -0.147. The zero-order valence-electron chi connectivity index (χ0n) is 13.3. The van der Waals surface area contributed by atoms with Gasteiger partial charge in [0.2, 0.25) is 0 Å². The van der Waals surface area contributed by atoms with E-state index in [9.17, 15) is 14.7 Å². The molecule has 0 unspecified atom stereocenters. The molecular formula is C15H23N3O3. The first-order valence-electron chi connectivity index (χ1n) is 7.14. The monoisotopic (exact) mass is 293 g/mol. The average Bonchev–Trinajstić information content (AvgIpc) is 2.92. The number of nitrogens with zero attached hydrogens (tertiary/aromatic N) is 3. The number of aromatic nitrogens is 2. The van der Waals surface area contributed by atoms with Crippen molar-refractivity contribution in [2.75, 3.05) is 13.1 Å². The number of aliphatic carboxylic acids is 1. The van der Waals surface area contributed by atoms with E-state index in [1.807, 2.05) is 32.4 Å². The molecule has 2 heterocycles. The van der Waals surface area contributed by atoms with Gasteiger partial charge in [0.1, 0.15) is 0 Å². The minimum atomic E-state index is -0.853. The van der Waals surface area contributed by atoms with Crippen molar-refractivity contribution in [1.82, 2.24) is 14.7 Å². The fourth-order valence-electron chi connectivity index (χ4n) is 2.73. The molecule has 1 aromatic rings. The van der Waals surface area contributed by atoms with E-state index in [4.69, 9.17) is 0 Å². The van der Waals surface area contributed by atoms with Gasteiger partial charge >= 0.3 is 5.97 Å². The molecule has 116 valence electrons. The van der Waals surface area contributed by atoms with Gasteiger partial charge in [0, 0.05) is 18.8 Å². The third-order valence-corrected chi connectivity index (χ3v) is 4.02. The maximum atomic E-state index is 12.5. The van der Waals surface area contributed by atoms with Crippen LogP contribution in [0.5, 0.6) is 0 Å². The van der Waals surface area contributed by atoms with Crippen LogP contribution in [0, 0.1) is 12.3 Å². The molecule has 0 aromatic carbocycles. The van der Waals surface area contributed by atoms with Crippen molar-refractivity contribution in [1.29, 1.82) is 0 Å². The summed E-state index contributed by atoms with van der Waals surface area (Å²) in [6.07, 6.45) is 0.479. The van der Waals surface area contributed by atoms with E-state index >= 15 is 0 Å². The molecule has 1 N–H and O–H groups in total. The Kier molecular flexibility index (Phi) is 3.59.